The molecule has 1 N–H and O–H groups in total. The summed E-state index contributed by atoms with van der Waals surface area (Å²) in [6.07, 6.45) is 0. The van der Waals surface area contributed by atoms with Gasteiger partial charge in [-0.2, -0.15) is 0 Å². The molecule has 1 amide bonds. The van der Waals surface area contributed by atoms with E-state index in [1.54, 1.807) is 18.2 Å². The molecule has 0 radical (unpaired) electrons. The molecule has 108 valence electrons. The maximum absolute atomic E-state index is 12.8. The molecule has 22 heavy (non-hydrogen) atoms. The van der Waals surface area contributed by atoms with Crippen LogP contribution in [0.25, 0.3) is 5.70 Å². The molecule has 0 bridgehead atoms. The Morgan fingerprint density at radius 1 is 1.00 bits per heavy atom. The third kappa shape index (κ3) is 1.99. The minimum absolute atomic E-state index is 0.0249. The molecule has 0 spiro atoms. The standard InChI is InChI=1S/C17H10ClNO2S/c18-10-5-3-4-9(8-10)16-13-14(19-17(21)22-16)11-6-1-2-7-12(11)15(13)20/h1-8,16H,(H,19,21)/t16-/m0/s1. The fourth-order valence-electron chi connectivity index (χ4n) is 2.89. The maximum Gasteiger partial charge on any atom is 0.284 e. The van der Waals surface area contributed by atoms with Crippen LogP contribution in [0.2, 0.25) is 5.02 Å². The lowest BCUT2D eigenvalue weighted by atomic mass is 10.0. The number of benzene rings is 2. The molecule has 1 aliphatic heterocycles. The smallest absolute Gasteiger partial charge is 0.284 e. The van der Waals surface area contributed by atoms with Crippen LogP contribution in [0.5, 0.6) is 0 Å². The Bertz CT molecular complexity index is 859. The molecule has 2 aromatic carbocycles. The number of Topliss-reactive ketones (excluding diaryl/α,β-unsaturated/α-hetero) is 1. The number of rotatable bonds is 1. The molecule has 3 nitrogen and oxygen atoms in total. The van der Waals surface area contributed by atoms with Crippen LogP contribution in [0.1, 0.15) is 26.7 Å². The highest BCUT2D eigenvalue weighted by Gasteiger charge is 2.40. The lowest BCUT2D eigenvalue weighted by Gasteiger charge is -2.24. The molecule has 0 saturated carbocycles. The summed E-state index contributed by atoms with van der Waals surface area (Å²) >= 11 is 7.17. The first-order valence-electron chi connectivity index (χ1n) is 6.76. The molecule has 2 aromatic rings. The van der Waals surface area contributed by atoms with Crippen molar-refractivity contribution in [2.24, 2.45) is 0 Å². The van der Waals surface area contributed by atoms with E-state index >= 15 is 0 Å². The Labute approximate surface area is 136 Å². The summed E-state index contributed by atoms with van der Waals surface area (Å²) in [6, 6.07) is 14.7. The highest BCUT2D eigenvalue weighted by molar-refractivity contribution is 8.14. The van der Waals surface area contributed by atoms with E-state index < -0.39 is 0 Å². The van der Waals surface area contributed by atoms with E-state index in [2.05, 4.69) is 5.32 Å². The van der Waals surface area contributed by atoms with Gasteiger partial charge in [-0.1, -0.05) is 59.8 Å². The first kappa shape index (κ1) is 13.6. The highest BCUT2D eigenvalue weighted by atomic mass is 35.5. The highest BCUT2D eigenvalue weighted by Crippen LogP contribution is 2.48. The van der Waals surface area contributed by atoms with Gasteiger partial charge >= 0.3 is 0 Å². The second-order valence-electron chi connectivity index (χ2n) is 5.13. The van der Waals surface area contributed by atoms with Gasteiger partial charge in [-0.3, -0.25) is 9.59 Å². The Balaban J connectivity index is 1.90. The predicted octanol–water partition coefficient (Wildman–Crippen LogP) is 4.45. The van der Waals surface area contributed by atoms with Crippen LogP contribution in [-0.4, -0.2) is 11.0 Å². The zero-order valence-corrected chi connectivity index (χ0v) is 12.9. The number of thioether (sulfide) groups is 1. The van der Waals surface area contributed by atoms with Crippen molar-refractivity contribution in [3.63, 3.8) is 0 Å². The van der Waals surface area contributed by atoms with E-state index in [0.717, 1.165) is 22.9 Å². The van der Waals surface area contributed by atoms with E-state index in [-0.39, 0.29) is 16.3 Å². The molecule has 0 aromatic heterocycles. The van der Waals surface area contributed by atoms with Crippen molar-refractivity contribution in [3.05, 3.63) is 75.8 Å². The topological polar surface area (TPSA) is 46.2 Å². The van der Waals surface area contributed by atoms with Crippen molar-refractivity contribution in [1.82, 2.24) is 5.32 Å². The number of amides is 1. The summed E-state index contributed by atoms with van der Waals surface area (Å²) in [4.78, 5) is 24.8. The average Bonchev–Trinajstić information content (AvgIpc) is 2.80. The number of nitrogens with one attached hydrogen (secondary N) is 1. The monoisotopic (exact) mass is 327 g/mol. The molecule has 0 unspecified atom stereocenters. The maximum atomic E-state index is 12.8. The van der Waals surface area contributed by atoms with Crippen LogP contribution >= 0.6 is 23.4 Å². The lowest BCUT2D eigenvalue weighted by Crippen LogP contribution is -2.25. The van der Waals surface area contributed by atoms with Gasteiger partial charge in [0.15, 0.2) is 5.78 Å². The molecule has 1 heterocycles. The van der Waals surface area contributed by atoms with E-state index in [4.69, 9.17) is 11.6 Å². The van der Waals surface area contributed by atoms with E-state index in [9.17, 15) is 9.59 Å². The van der Waals surface area contributed by atoms with Gasteiger partial charge in [-0.05, 0) is 17.7 Å². The number of fused-ring (bicyclic) bond motifs is 2. The summed E-state index contributed by atoms with van der Waals surface area (Å²) in [5, 5.41) is 2.93. The summed E-state index contributed by atoms with van der Waals surface area (Å²) in [5.41, 5.74) is 3.56. The quantitative estimate of drug-likeness (QED) is 0.842. The van der Waals surface area contributed by atoms with Gasteiger partial charge in [0.1, 0.15) is 0 Å². The molecule has 1 aliphatic carbocycles. The van der Waals surface area contributed by atoms with Crippen LogP contribution in [-0.2, 0) is 0 Å². The zero-order chi connectivity index (χ0) is 15.3. The summed E-state index contributed by atoms with van der Waals surface area (Å²) in [6.45, 7) is 0. The van der Waals surface area contributed by atoms with Gasteiger partial charge in [0.2, 0.25) is 0 Å². The number of halogens is 1. The largest absolute Gasteiger partial charge is 0.316 e. The summed E-state index contributed by atoms with van der Waals surface area (Å²) in [7, 11) is 0. The third-order valence-corrected chi connectivity index (χ3v) is 5.12. The fourth-order valence-corrected chi connectivity index (χ4v) is 4.09. The number of hydrogen-bond acceptors (Lipinski definition) is 3. The summed E-state index contributed by atoms with van der Waals surface area (Å²) in [5.74, 6) is -0.0249. The van der Waals surface area contributed by atoms with Gasteiger partial charge < -0.3 is 5.32 Å². The molecule has 1 atom stereocenters. The van der Waals surface area contributed by atoms with Crippen LogP contribution in [0, 0.1) is 0 Å². The van der Waals surface area contributed by atoms with E-state index in [1.165, 1.54) is 0 Å². The number of carbonyl (C=O) groups excluding carboxylic acids is 2. The van der Waals surface area contributed by atoms with Gasteiger partial charge in [-0.15, -0.1) is 0 Å². The minimum atomic E-state index is -0.331. The van der Waals surface area contributed by atoms with Gasteiger partial charge in [0, 0.05) is 21.7 Å². The normalized spacial score (nSPS) is 19.8. The van der Waals surface area contributed by atoms with Crippen LogP contribution in [0.3, 0.4) is 0 Å². The molecule has 4 rings (SSSR count). The van der Waals surface area contributed by atoms with Crippen molar-refractivity contribution in [3.8, 4) is 0 Å². The third-order valence-electron chi connectivity index (χ3n) is 3.82. The first-order chi connectivity index (χ1) is 10.6. The van der Waals surface area contributed by atoms with Crippen molar-refractivity contribution < 1.29 is 9.59 Å². The van der Waals surface area contributed by atoms with E-state index in [1.807, 2.05) is 30.3 Å². The van der Waals surface area contributed by atoms with Crippen molar-refractivity contribution >= 4 is 40.1 Å². The SMILES string of the molecule is O=C1NC2=C(C(=O)c3ccccc32)[C@H](c2cccc(Cl)c2)S1. The minimum Gasteiger partial charge on any atom is -0.316 e. The van der Waals surface area contributed by atoms with Gasteiger partial charge in [0.05, 0.1) is 10.9 Å². The Hall–Kier alpha value is -2.04. The Morgan fingerprint density at radius 2 is 1.77 bits per heavy atom. The van der Waals surface area contributed by atoms with Crippen LogP contribution < -0.4 is 5.32 Å². The number of ketones is 1. The molecule has 5 heteroatoms. The summed E-state index contributed by atoms with van der Waals surface area (Å²) < 4.78 is 0. The lowest BCUT2D eigenvalue weighted by molar-refractivity contribution is 0.103. The Kier molecular flexibility index (Phi) is 3.10. The van der Waals surface area contributed by atoms with Crippen molar-refractivity contribution in [2.75, 3.05) is 0 Å². The van der Waals surface area contributed by atoms with Crippen LogP contribution in [0.4, 0.5) is 4.79 Å². The number of carbonyl (C=O) groups is 2. The predicted molar refractivity (Wildman–Crippen MR) is 88.0 cm³/mol. The molecular formula is C17H10ClNO2S. The second kappa shape index (κ2) is 5.00. The molecule has 2 aliphatic rings. The first-order valence-corrected chi connectivity index (χ1v) is 8.02. The Morgan fingerprint density at radius 3 is 2.55 bits per heavy atom. The van der Waals surface area contributed by atoms with Gasteiger partial charge in [-0.25, -0.2) is 0 Å². The zero-order valence-electron chi connectivity index (χ0n) is 11.3. The number of hydrogen-bond donors (Lipinski definition) is 1. The molecule has 0 fully saturated rings. The molecule has 0 saturated heterocycles. The second-order valence-corrected chi connectivity index (χ2v) is 6.64. The van der Waals surface area contributed by atoms with Crippen LogP contribution in [0.15, 0.2) is 54.1 Å². The average molecular weight is 328 g/mol. The van der Waals surface area contributed by atoms with Gasteiger partial charge in [0.25, 0.3) is 5.24 Å². The van der Waals surface area contributed by atoms with Crippen molar-refractivity contribution in [1.29, 1.82) is 0 Å². The molecular weight excluding hydrogens is 318 g/mol. The van der Waals surface area contributed by atoms with Crippen molar-refractivity contribution in [2.45, 2.75) is 5.25 Å². The van der Waals surface area contributed by atoms with E-state index in [0.29, 0.717) is 21.9 Å². The fraction of sp³-hybridized carbons (Fsp3) is 0.0588.